The Morgan fingerprint density at radius 2 is 1.42 bits per heavy atom. The molecule has 1 unspecified atom stereocenters. The third-order valence-corrected chi connectivity index (χ3v) is 4.08. The van der Waals surface area contributed by atoms with Gasteiger partial charge in [0.25, 0.3) is 0 Å². The van der Waals surface area contributed by atoms with Gasteiger partial charge in [-0.15, -0.1) is 0 Å². The second-order valence-electron chi connectivity index (χ2n) is 6.01. The molecule has 1 atom stereocenters. The van der Waals surface area contributed by atoms with Gasteiger partial charge in [-0.1, -0.05) is 60.7 Å². The molecule has 0 aliphatic heterocycles. The number of hydrogen-bond donors (Lipinski definition) is 2. The SMILES string of the molecule is NC(=O)C(NCCc1ccc(Oc2ccccc2)cc1)c1ccccc1. The van der Waals surface area contributed by atoms with Gasteiger partial charge < -0.3 is 15.8 Å². The predicted molar refractivity (Wildman–Crippen MR) is 103 cm³/mol. The van der Waals surface area contributed by atoms with Crippen LogP contribution in [0.25, 0.3) is 0 Å². The summed E-state index contributed by atoms with van der Waals surface area (Å²) in [4.78, 5) is 11.7. The van der Waals surface area contributed by atoms with Crippen LogP contribution in [0.1, 0.15) is 17.2 Å². The Balaban J connectivity index is 1.53. The van der Waals surface area contributed by atoms with Gasteiger partial charge >= 0.3 is 0 Å². The number of nitrogens with one attached hydrogen (secondary N) is 1. The lowest BCUT2D eigenvalue weighted by atomic mass is 10.1. The third kappa shape index (κ3) is 4.94. The smallest absolute Gasteiger partial charge is 0.239 e. The van der Waals surface area contributed by atoms with Gasteiger partial charge in [0, 0.05) is 6.54 Å². The molecule has 0 aromatic heterocycles. The van der Waals surface area contributed by atoms with Gasteiger partial charge in [-0.2, -0.15) is 0 Å². The molecule has 3 rings (SSSR count). The van der Waals surface area contributed by atoms with Crippen molar-refractivity contribution in [3.8, 4) is 11.5 Å². The Labute approximate surface area is 153 Å². The Kier molecular flexibility index (Phi) is 6.01. The van der Waals surface area contributed by atoms with E-state index in [4.69, 9.17) is 10.5 Å². The highest BCUT2D eigenvalue weighted by atomic mass is 16.5. The molecule has 3 aromatic carbocycles. The largest absolute Gasteiger partial charge is 0.457 e. The first-order valence-corrected chi connectivity index (χ1v) is 8.62. The number of carbonyl (C=O) groups is 1. The molecule has 4 heteroatoms. The molecule has 3 aromatic rings. The molecule has 0 spiro atoms. The number of carbonyl (C=O) groups excluding carboxylic acids is 1. The number of para-hydroxylation sites is 1. The van der Waals surface area contributed by atoms with Gasteiger partial charge in [0.15, 0.2) is 0 Å². The minimum Gasteiger partial charge on any atom is -0.457 e. The summed E-state index contributed by atoms with van der Waals surface area (Å²) in [7, 11) is 0. The molecule has 132 valence electrons. The molecule has 0 aliphatic carbocycles. The molecule has 1 amide bonds. The van der Waals surface area contributed by atoms with E-state index < -0.39 is 6.04 Å². The number of nitrogens with two attached hydrogens (primary N) is 1. The summed E-state index contributed by atoms with van der Waals surface area (Å²) in [6, 6.07) is 26.7. The molecule has 0 radical (unpaired) electrons. The molecular weight excluding hydrogens is 324 g/mol. The first-order valence-electron chi connectivity index (χ1n) is 8.62. The topological polar surface area (TPSA) is 64.4 Å². The summed E-state index contributed by atoms with van der Waals surface area (Å²) in [5.74, 6) is 1.24. The van der Waals surface area contributed by atoms with E-state index in [1.165, 1.54) is 0 Å². The maximum Gasteiger partial charge on any atom is 0.239 e. The molecule has 0 fully saturated rings. The maximum atomic E-state index is 11.7. The highest BCUT2D eigenvalue weighted by Gasteiger charge is 2.16. The highest BCUT2D eigenvalue weighted by molar-refractivity contribution is 5.81. The number of rotatable bonds is 8. The van der Waals surface area contributed by atoms with E-state index in [9.17, 15) is 4.79 Å². The van der Waals surface area contributed by atoms with Crippen molar-refractivity contribution in [2.75, 3.05) is 6.54 Å². The number of benzene rings is 3. The summed E-state index contributed by atoms with van der Waals surface area (Å²) in [5, 5.41) is 3.23. The molecule has 26 heavy (non-hydrogen) atoms. The fourth-order valence-corrected chi connectivity index (χ4v) is 2.74. The van der Waals surface area contributed by atoms with Gasteiger partial charge in [0.05, 0.1) is 0 Å². The van der Waals surface area contributed by atoms with Gasteiger partial charge in [-0.25, -0.2) is 0 Å². The van der Waals surface area contributed by atoms with Gasteiger partial charge in [0.1, 0.15) is 17.5 Å². The Morgan fingerprint density at radius 1 is 0.846 bits per heavy atom. The monoisotopic (exact) mass is 346 g/mol. The van der Waals surface area contributed by atoms with E-state index >= 15 is 0 Å². The van der Waals surface area contributed by atoms with E-state index in [0.29, 0.717) is 6.54 Å². The van der Waals surface area contributed by atoms with E-state index in [1.807, 2.05) is 84.9 Å². The summed E-state index contributed by atoms with van der Waals surface area (Å²) >= 11 is 0. The fourth-order valence-electron chi connectivity index (χ4n) is 2.74. The van der Waals surface area contributed by atoms with E-state index in [2.05, 4.69) is 5.32 Å². The summed E-state index contributed by atoms with van der Waals surface area (Å²) in [6.07, 6.45) is 0.794. The summed E-state index contributed by atoms with van der Waals surface area (Å²) < 4.78 is 5.79. The van der Waals surface area contributed by atoms with Crippen molar-refractivity contribution >= 4 is 5.91 Å². The van der Waals surface area contributed by atoms with Crippen LogP contribution in [0.3, 0.4) is 0 Å². The number of primary amides is 1. The minimum absolute atomic E-state index is 0.372. The molecule has 0 aliphatic rings. The van der Waals surface area contributed by atoms with Crippen molar-refractivity contribution in [3.63, 3.8) is 0 Å². The zero-order valence-electron chi connectivity index (χ0n) is 14.5. The lowest BCUT2D eigenvalue weighted by Gasteiger charge is -2.16. The van der Waals surface area contributed by atoms with Crippen LogP contribution in [0, 0.1) is 0 Å². The van der Waals surface area contributed by atoms with E-state index in [0.717, 1.165) is 29.0 Å². The Morgan fingerprint density at radius 3 is 2.04 bits per heavy atom. The summed E-state index contributed by atoms with van der Waals surface area (Å²) in [6.45, 7) is 0.654. The van der Waals surface area contributed by atoms with E-state index in [-0.39, 0.29) is 5.91 Å². The normalized spacial score (nSPS) is 11.7. The fraction of sp³-hybridized carbons (Fsp3) is 0.136. The average Bonchev–Trinajstić information content (AvgIpc) is 2.68. The number of amides is 1. The lowest BCUT2D eigenvalue weighted by molar-refractivity contribution is -0.120. The number of hydrogen-bond acceptors (Lipinski definition) is 3. The quantitative estimate of drug-likeness (QED) is 0.651. The summed E-state index contributed by atoms with van der Waals surface area (Å²) in [5.41, 5.74) is 7.57. The van der Waals surface area contributed by atoms with Crippen LogP contribution in [-0.2, 0) is 11.2 Å². The van der Waals surface area contributed by atoms with Crippen molar-refractivity contribution in [3.05, 3.63) is 96.1 Å². The molecule has 0 saturated carbocycles. The molecule has 0 saturated heterocycles. The van der Waals surface area contributed by atoms with Crippen LogP contribution < -0.4 is 15.8 Å². The highest BCUT2D eigenvalue weighted by Crippen LogP contribution is 2.21. The molecule has 0 heterocycles. The zero-order valence-corrected chi connectivity index (χ0v) is 14.5. The van der Waals surface area contributed by atoms with Crippen molar-refractivity contribution in [2.24, 2.45) is 5.73 Å². The molecule has 3 N–H and O–H groups in total. The van der Waals surface area contributed by atoms with Crippen LogP contribution in [0.2, 0.25) is 0 Å². The van der Waals surface area contributed by atoms with Crippen LogP contribution in [0.4, 0.5) is 0 Å². The standard InChI is InChI=1S/C22H22N2O2/c23-22(25)21(18-7-3-1-4-8-18)24-16-15-17-11-13-20(14-12-17)26-19-9-5-2-6-10-19/h1-14,21,24H,15-16H2,(H2,23,25). The van der Waals surface area contributed by atoms with Crippen molar-refractivity contribution in [1.29, 1.82) is 0 Å². The van der Waals surface area contributed by atoms with Crippen molar-refractivity contribution < 1.29 is 9.53 Å². The zero-order chi connectivity index (χ0) is 18.2. The molecule has 0 bridgehead atoms. The van der Waals surface area contributed by atoms with Crippen LogP contribution >= 0.6 is 0 Å². The van der Waals surface area contributed by atoms with Crippen LogP contribution in [0.5, 0.6) is 11.5 Å². The lowest BCUT2D eigenvalue weighted by Crippen LogP contribution is -2.34. The van der Waals surface area contributed by atoms with Gasteiger partial charge in [0.2, 0.25) is 5.91 Å². The first-order chi connectivity index (χ1) is 12.7. The first kappa shape index (κ1) is 17.7. The molecular formula is C22H22N2O2. The van der Waals surface area contributed by atoms with Gasteiger partial charge in [-0.3, -0.25) is 4.79 Å². The maximum absolute atomic E-state index is 11.7. The van der Waals surface area contributed by atoms with Crippen molar-refractivity contribution in [1.82, 2.24) is 5.32 Å². The Hall–Kier alpha value is -3.11. The van der Waals surface area contributed by atoms with E-state index in [1.54, 1.807) is 0 Å². The minimum atomic E-state index is -0.475. The average molecular weight is 346 g/mol. The molecule has 4 nitrogen and oxygen atoms in total. The number of ether oxygens (including phenoxy) is 1. The predicted octanol–water partition coefficient (Wildman–Crippen LogP) is 3.84. The van der Waals surface area contributed by atoms with Crippen molar-refractivity contribution in [2.45, 2.75) is 12.5 Å². The second kappa shape index (κ2) is 8.83. The van der Waals surface area contributed by atoms with Crippen LogP contribution in [0.15, 0.2) is 84.9 Å². The van der Waals surface area contributed by atoms with Crippen LogP contribution in [-0.4, -0.2) is 12.5 Å². The third-order valence-electron chi connectivity index (χ3n) is 4.08. The van der Waals surface area contributed by atoms with Gasteiger partial charge in [-0.05, 0) is 41.8 Å². The second-order valence-corrected chi connectivity index (χ2v) is 6.01. The Bertz CT molecular complexity index is 818.